The highest BCUT2D eigenvalue weighted by atomic mass is 16.0. The first-order chi connectivity index (χ1) is 19.7. The largest absolute Gasteiger partial charge is 0.412 e. The lowest BCUT2D eigenvalue weighted by atomic mass is 10.0. The van der Waals surface area contributed by atoms with Gasteiger partial charge >= 0.3 is 0 Å². The normalized spacial score (nSPS) is 9.56. The van der Waals surface area contributed by atoms with Crippen molar-refractivity contribution >= 4 is 22.7 Å². The number of hydrogen-bond acceptors (Lipinski definition) is 4. The molecular weight excluding hydrogens is 504 g/mol. The summed E-state index contributed by atoms with van der Waals surface area (Å²) in [6, 6.07) is 33.7. The molecule has 0 aromatic heterocycles. The Bertz CT molecular complexity index is 1110. The predicted octanol–water partition coefficient (Wildman–Crippen LogP) is 8.27. The van der Waals surface area contributed by atoms with Crippen LogP contribution in [0.15, 0.2) is 148 Å². The van der Waals surface area contributed by atoms with Crippen LogP contribution >= 0.6 is 0 Å². The highest BCUT2D eigenvalue weighted by Crippen LogP contribution is 2.24. The average Bonchev–Trinajstić information content (AvgIpc) is 3.02. The van der Waals surface area contributed by atoms with Crippen molar-refractivity contribution in [2.24, 2.45) is 0 Å². The molecule has 0 bridgehead atoms. The number of hydrogen-bond donors (Lipinski definition) is 4. The maximum Gasteiger partial charge on any atom is 0.0343 e. The standard InChI is InChI=1S/2C18H20N2.H2O/c2*1-3-13-19-17-9-5-15(6-10-17)16-7-11-18(12-8-16)20-14-4-2;/h2*3-12,19-20H,1-2,13-14H2;1H2. The van der Waals surface area contributed by atoms with Crippen molar-refractivity contribution in [1.82, 2.24) is 0 Å². The molecule has 41 heavy (non-hydrogen) atoms. The van der Waals surface area contributed by atoms with Crippen LogP contribution in [0.3, 0.4) is 0 Å². The van der Waals surface area contributed by atoms with Gasteiger partial charge in [0.15, 0.2) is 0 Å². The zero-order valence-corrected chi connectivity index (χ0v) is 23.7. The molecule has 0 fully saturated rings. The van der Waals surface area contributed by atoms with Gasteiger partial charge in [0.25, 0.3) is 0 Å². The molecule has 0 unspecified atom stereocenters. The van der Waals surface area contributed by atoms with Crippen LogP contribution in [0.2, 0.25) is 0 Å². The fraction of sp³-hybridized carbons (Fsp3) is 0.111. The number of nitrogens with one attached hydrogen (secondary N) is 4. The van der Waals surface area contributed by atoms with E-state index >= 15 is 0 Å². The van der Waals surface area contributed by atoms with Gasteiger partial charge in [-0.15, -0.1) is 26.3 Å². The summed E-state index contributed by atoms with van der Waals surface area (Å²) in [6.45, 7) is 17.9. The van der Waals surface area contributed by atoms with Gasteiger partial charge in [0.2, 0.25) is 0 Å². The van der Waals surface area contributed by atoms with Crippen LogP contribution in [-0.2, 0) is 0 Å². The van der Waals surface area contributed by atoms with Crippen molar-refractivity contribution in [3.8, 4) is 22.3 Å². The maximum atomic E-state index is 3.70. The average molecular weight is 547 g/mol. The van der Waals surface area contributed by atoms with E-state index in [-0.39, 0.29) is 5.48 Å². The second-order valence-corrected chi connectivity index (χ2v) is 8.99. The molecule has 0 amide bonds. The molecule has 0 radical (unpaired) electrons. The smallest absolute Gasteiger partial charge is 0.0343 e. The molecule has 0 aliphatic carbocycles. The fourth-order valence-electron chi connectivity index (χ4n) is 3.88. The number of rotatable bonds is 14. The second kappa shape index (κ2) is 18.3. The highest BCUT2D eigenvalue weighted by Gasteiger charge is 2.00. The van der Waals surface area contributed by atoms with E-state index in [0.29, 0.717) is 0 Å². The van der Waals surface area contributed by atoms with Crippen LogP contribution in [0.25, 0.3) is 22.3 Å². The predicted molar refractivity (Wildman–Crippen MR) is 182 cm³/mol. The molecule has 0 heterocycles. The topological polar surface area (TPSA) is 79.6 Å². The summed E-state index contributed by atoms with van der Waals surface area (Å²) in [5.41, 5.74) is 9.29. The molecule has 212 valence electrons. The number of anilines is 4. The molecule has 0 atom stereocenters. The van der Waals surface area contributed by atoms with Crippen molar-refractivity contribution < 1.29 is 5.48 Å². The van der Waals surface area contributed by atoms with Crippen LogP contribution < -0.4 is 21.3 Å². The van der Waals surface area contributed by atoms with Crippen LogP contribution in [0.5, 0.6) is 0 Å². The zero-order chi connectivity index (χ0) is 28.4. The van der Waals surface area contributed by atoms with Crippen molar-refractivity contribution in [2.45, 2.75) is 0 Å². The Morgan fingerprint density at radius 3 is 0.659 bits per heavy atom. The third-order valence-electron chi connectivity index (χ3n) is 6.01. The van der Waals surface area contributed by atoms with Crippen LogP contribution in [-0.4, -0.2) is 31.7 Å². The van der Waals surface area contributed by atoms with Gasteiger partial charge in [0.05, 0.1) is 0 Å². The summed E-state index contributed by atoms with van der Waals surface area (Å²) in [5, 5.41) is 13.1. The van der Waals surface area contributed by atoms with E-state index in [1.165, 1.54) is 22.3 Å². The first kappa shape index (κ1) is 32.2. The molecule has 0 saturated carbocycles. The van der Waals surface area contributed by atoms with Crippen LogP contribution in [0.1, 0.15) is 0 Å². The highest BCUT2D eigenvalue weighted by molar-refractivity contribution is 5.69. The van der Waals surface area contributed by atoms with Gasteiger partial charge in [-0.25, -0.2) is 0 Å². The lowest BCUT2D eigenvalue weighted by Crippen LogP contribution is -1.97. The van der Waals surface area contributed by atoms with Crippen molar-refractivity contribution in [3.63, 3.8) is 0 Å². The molecule has 0 spiro atoms. The molecule has 0 aliphatic rings. The zero-order valence-electron chi connectivity index (χ0n) is 23.7. The third kappa shape index (κ3) is 10.9. The fourth-order valence-corrected chi connectivity index (χ4v) is 3.88. The summed E-state index contributed by atoms with van der Waals surface area (Å²) < 4.78 is 0. The van der Waals surface area contributed by atoms with E-state index in [2.05, 4.69) is 145 Å². The summed E-state index contributed by atoms with van der Waals surface area (Å²) >= 11 is 0. The minimum Gasteiger partial charge on any atom is -0.412 e. The molecule has 4 aromatic carbocycles. The lowest BCUT2D eigenvalue weighted by Gasteiger charge is -2.07. The van der Waals surface area contributed by atoms with Crippen LogP contribution in [0, 0.1) is 0 Å². The van der Waals surface area contributed by atoms with Gasteiger partial charge in [-0.1, -0.05) is 72.8 Å². The van der Waals surface area contributed by atoms with Crippen LogP contribution in [0.4, 0.5) is 22.7 Å². The SMILES string of the molecule is C=CCNc1ccc(-c2ccc(NCC=C)cc2)cc1.C=CCNc1ccc(-c2ccc(NCC=C)cc2)cc1.O. The van der Waals surface area contributed by atoms with Gasteiger partial charge in [-0.3, -0.25) is 0 Å². The quantitative estimate of drug-likeness (QED) is 0.120. The van der Waals surface area contributed by atoms with Gasteiger partial charge in [0.1, 0.15) is 0 Å². The molecule has 0 saturated heterocycles. The van der Waals surface area contributed by atoms with Gasteiger partial charge in [-0.05, 0) is 70.8 Å². The van der Waals surface area contributed by atoms with E-state index < -0.39 is 0 Å². The Kier molecular flexibility index (Phi) is 14.4. The Balaban J connectivity index is 0.000000280. The van der Waals surface area contributed by atoms with Gasteiger partial charge in [0, 0.05) is 48.9 Å². The first-order valence-electron chi connectivity index (χ1n) is 13.5. The van der Waals surface area contributed by atoms with E-state index in [0.717, 1.165) is 48.9 Å². The van der Waals surface area contributed by atoms with E-state index in [1.54, 1.807) is 0 Å². The maximum absolute atomic E-state index is 3.70. The molecule has 5 heteroatoms. The molecular formula is C36H42N4O. The van der Waals surface area contributed by atoms with E-state index in [9.17, 15) is 0 Å². The molecule has 0 aliphatic heterocycles. The van der Waals surface area contributed by atoms with E-state index in [4.69, 9.17) is 0 Å². The molecule has 4 rings (SSSR count). The van der Waals surface area contributed by atoms with Gasteiger partial charge < -0.3 is 26.7 Å². The van der Waals surface area contributed by atoms with E-state index in [1.807, 2.05) is 24.3 Å². The molecule has 5 nitrogen and oxygen atoms in total. The molecule has 6 N–H and O–H groups in total. The first-order valence-corrected chi connectivity index (χ1v) is 13.5. The Hall–Kier alpha value is -5.00. The van der Waals surface area contributed by atoms with Gasteiger partial charge in [-0.2, -0.15) is 0 Å². The minimum absolute atomic E-state index is 0. The van der Waals surface area contributed by atoms with Crippen molar-refractivity contribution in [2.75, 3.05) is 47.4 Å². The Morgan fingerprint density at radius 1 is 0.341 bits per heavy atom. The van der Waals surface area contributed by atoms with Crippen molar-refractivity contribution in [3.05, 3.63) is 148 Å². The summed E-state index contributed by atoms with van der Waals surface area (Å²) in [5.74, 6) is 0. The summed E-state index contributed by atoms with van der Waals surface area (Å²) in [6.07, 6.45) is 7.40. The Labute approximate surface area is 245 Å². The van der Waals surface area contributed by atoms with Crippen molar-refractivity contribution in [1.29, 1.82) is 0 Å². The Morgan fingerprint density at radius 2 is 0.512 bits per heavy atom. The number of benzene rings is 4. The third-order valence-corrected chi connectivity index (χ3v) is 6.01. The second-order valence-electron chi connectivity index (χ2n) is 8.99. The monoisotopic (exact) mass is 546 g/mol. The summed E-state index contributed by atoms with van der Waals surface area (Å²) in [7, 11) is 0. The summed E-state index contributed by atoms with van der Waals surface area (Å²) in [4.78, 5) is 0. The molecule has 4 aromatic rings. The lowest BCUT2D eigenvalue weighted by molar-refractivity contribution is 0.824. The minimum atomic E-state index is 0.